The Morgan fingerprint density at radius 1 is 1.23 bits per heavy atom. The van der Waals surface area contributed by atoms with Crippen LogP contribution in [0.25, 0.3) is 0 Å². The molecule has 0 amide bonds. The van der Waals surface area contributed by atoms with E-state index in [9.17, 15) is 4.39 Å². The minimum atomic E-state index is -0.0940. The summed E-state index contributed by atoms with van der Waals surface area (Å²) >= 11 is 0. The minimum absolute atomic E-state index is 0. The van der Waals surface area contributed by atoms with Crippen LogP contribution >= 0.6 is 24.0 Å². The van der Waals surface area contributed by atoms with E-state index in [0.717, 1.165) is 37.1 Å². The fourth-order valence-corrected chi connectivity index (χ4v) is 4.21. The molecule has 3 fully saturated rings. The lowest BCUT2D eigenvalue weighted by atomic mass is 10.1. The molecule has 3 aliphatic rings. The van der Waals surface area contributed by atoms with E-state index >= 15 is 0 Å². The number of hydrogen-bond acceptors (Lipinski definition) is 2. The summed E-state index contributed by atoms with van der Waals surface area (Å²) in [5, 5.41) is 7.14. The van der Waals surface area contributed by atoms with Crippen molar-refractivity contribution in [1.29, 1.82) is 0 Å². The minimum Gasteiger partial charge on any atom is -0.353 e. The van der Waals surface area contributed by atoms with E-state index in [1.807, 2.05) is 12.1 Å². The third-order valence-electron chi connectivity index (χ3n) is 5.71. The van der Waals surface area contributed by atoms with Crippen molar-refractivity contribution < 1.29 is 4.39 Å². The first-order valence-corrected chi connectivity index (χ1v) is 9.73. The molecule has 4 atom stereocenters. The van der Waals surface area contributed by atoms with E-state index in [0.29, 0.717) is 12.1 Å². The molecule has 144 valence electrons. The third kappa shape index (κ3) is 4.50. The number of likely N-dealkylation sites (tertiary alicyclic amines) is 1. The van der Waals surface area contributed by atoms with Crippen molar-refractivity contribution in [3.05, 3.63) is 35.6 Å². The molecule has 26 heavy (non-hydrogen) atoms. The summed E-state index contributed by atoms with van der Waals surface area (Å²) < 4.78 is 14.0. The maximum Gasteiger partial charge on any atom is 0.191 e. The van der Waals surface area contributed by atoms with Gasteiger partial charge in [-0.15, -0.1) is 24.0 Å². The SMILES string of the molecule is CCN=C(NC1CC(C)N(C2CC2)C1)NC1CC1c1ccccc1F.I. The molecule has 0 aromatic heterocycles. The van der Waals surface area contributed by atoms with E-state index in [1.54, 1.807) is 12.1 Å². The van der Waals surface area contributed by atoms with Crippen molar-refractivity contribution in [3.63, 3.8) is 0 Å². The van der Waals surface area contributed by atoms with Crippen molar-refractivity contribution in [3.8, 4) is 0 Å². The number of nitrogens with one attached hydrogen (secondary N) is 2. The van der Waals surface area contributed by atoms with Gasteiger partial charge in [0, 0.05) is 43.2 Å². The monoisotopic (exact) mass is 472 g/mol. The van der Waals surface area contributed by atoms with E-state index in [2.05, 4.69) is 34.4 Å². The number of halogens is 2. The quantitative estimate of drug-likeness (QED) is 0.392. The topological polar surface area (TPSA) is 39.7 Å². The fourth-order valence-electron chi connectivity index (χ4n) is 4.21. The third-order valence-corrected chi connectivity index (χ3v) is 5.71. The molecule has 4 unspecified atom stereocenters. The number of guanidine groups is 1. The Labute approximate surface area is 173 Å². The number of benzene rings is 1. The van der Waals surface area contributed by atoms with Gasteiger partial charge in [0.05, 0.1) is 0 Å². The van der Waals surface area contributed by atoms with Crippen LogP contribution in [0, 0.1) is 5.82 Å². The molecular weight excluding hydrogens is 442 g/mol. The average Bonchev–Trinajstić information content (AvgIpc) is 3.49. The van der Waals surface area contributed by atoms with Crippen LogP contribution in [0.4, 0.5) is 4.39 Å². The second-order valence-corrected chi connectivity index (χ2v) is 7.79. The zero-order valence-electron chi connectivity index (χ0n) is 15.6. The molecule has 1 aromatic carbocycles. The van der Waals surface area contributed by atoms with Gasteiger partial charge in [-0.3, -0.25) is 9.89 Å². The van der Waals surface area contributed by atoms with Gasteiger partial charge < -0.3 is 10.6 Å². The van der Waals surface area contributed by atoms with Crippen molar-refractivity contribution in [2.75, 3.05) is 13.1 Å². The second-order valence-electron chi connectivity index (χ2n) is 7.79. The maximum atomic E-state index is 14.0. The first-order chi connectivity index (χ1) is 12.2. The molecule has 4 rings (SSSR count). The van der Waals surface area contributed by atoms with Gasteiger partial charge in [-0.1, -0.05) is 18.2 Å². The smallest absolute Gasteiger partial charge is 0.191 e. The predicted molar refractivity (Wildman–Crippen MR) is 115 cm³/mol. The Bertz CT molecular complexity index is 648. The first-order valence-electron chi connectivity index (χ1n) is 9.73. The van der Waals surface area contributed by atoms with Crippen LogP contribution < -0.4 is 10.6 Å². The zero-order valence-corrected chi connectivity index (χ0v) is 17.9. The highest BCUT2D eigenvalue weighted by Gasteiger charge is 2.42. The largest absolute Gasteiger partial charge is 0.353 e. The molecule has 6 heteroatoms. The Hall–Kier alpha value is -0.890. The van der Waals surface area contributed by atoms with Crippen molar-refractivity contribution in [2.24, 2.45) is 4.99 Å². The van der Waals surface area contributed by atoms with Crippen LogP contribution in [-0.4, -0.2) is 48.1 Å². The Kier molecular flexibility index (Phi) is 6.43. The van der Waals surface area contributed by atoms with E-state index in [4.69, 9.17) is 0 Å². The maximum absolute atomic E-state index is 14.0. The predicted octanol–water partition coefficient (Wildman–Crippen LogP) is 3.48. The number of nitrogens with zero attached hydrogens (tertiary/aromatic N) is 2. The van der Waals surface area contributed by atoms with Crippen molar-refractivity contribution >= 4 is 29.9 Å². The summed E-state index contributed by atoms with van der Waals surface area (Å²) in [6.07, 6.45) is 4.86. The highest BCUT2D eigenvalue weighted by Crippen LogP contribution is 2.41. The molecule has 0 radical (unpaired) electrons. The summed E-state index contributed by atoms with van der Waals surface area (Å²) in [7, 11) is 0. The highest BCUT2D eigenvalue weighted by atomic mass is 127. The molecule has 1 aromatic rings. The summed E-state index contributed by atoms with van der Waals surface area (Å²) in [5.41, 5.74) is 0.824. The lowest BCUT2D eigenvalue weighted by Gasteiger charge is -2.20. The van der Waals surface area contributed by atoms with Crippen LogP contribution in [0.2, 0.25) is 0 Å². The highest BCUT2D eigenvalue weighted by molar-refractivity contribution is 14.0. The van der Waals surface area contributed by atoms with Gasteiger partial charge >= 0.3 is 0 Å². The summed E-state index contributed by atoms with van der Waals surface area (Å²) in [4.78, 5) is 7.25. The van der Waals surface area contributed by atoms with Crippen molar-refractivity contribution in [1.82, 2.24) is 15.5 Å². The lowest BCUT2D eigenvalue weighted by molar-refractivity contribution is 0.256. The van der Waals surface area contributed by atoms with Gasteiger partial charge in [0.25, 0.3) is 0 Å². The van der Waals surface area contributed by atoms with E-state index in [-0.39, 0.29) is 41.8 Å². The van der Waals surface area contributed by atoms with E-state index < -0.39 is 0 Å². The molecular formula is C20H30FIN4. The fraction of sp³-hybridized carbons (Fsp3) is 0.650. The molecule has 2 N–H and O–H groups in total. The number of rotatable bonds is 5. The van der Waals surface area contributed by atoms with Crippen LogP contribution in [0.5, 0.6) is 0 Å². The molecule has 1 heterocycles. The Balaban J connectivity index is 0.00000196. The number of aliphatic imine (C=N–C) groups is 1. The van der Waals surface area contributed by atoms with E-state index in [1.165, 1.54) is 19.3 Å². The summed E-state index contributed by atoms with van der Waals surface area (Å²) in [6, 6.07) is 9.33. The van der Waals surface area contributed by atoms with Gasteiger partial charge in [-0.05, 0) is 51.2 Å². The molecule has 2 aliphatic carbocycles. The lowest BCUT2D eigenvalue weighted by Crippen LogP contribution is -2.46. The molecule has 1 saturated heterocycles. The second kappa shape index (κ2) is 8.42. The van der Waals surface area contributed by atoms with Crippen LogP contribution in [0.3, 0.4) is 0 Å². The first kappa shape index (κ1) is 19.9. The van der Waals surface area contributed by atoms with Gasteiger partial charge in [0.2, 0.25) is 0 Å². The standard InChI is InChI=1S/C20H29FN4.HI/c1-3-22-20(23-14-10-13(2)25(12-14)15-8-9-15)24-19-11-17(19)16-6-4-5-7-18(16)21;/h4-7,13-15,17,19H,3,8-12H2,1-2H3,(H2,22,23,24);1H. The van der Waals surface area contributed by atoms with Crippen LogP contribution in [0.15, 0.2) is 29.3 Å². The summed E-state index contributed by atoms with van der Waals surface area (Å²) in [5.74, 6) is 1.06. The van der Waals surface area contributed by atoms with Crippen LogP contribution in [-0.2, 0) is 0 Å². The van der Waals surface area contributed by atoms with Gasteiger partial charge in [-0.25, -0.2) is 4.39 Å². The Morgan fingerprint density at radius 3 is 2.69 bits per heavy atom. The van der Waals surface area contributed by atoms with Crippen LogP contribution in [0.1, 0.15) is 51.0 Å². The zero-order chi connectivity index (χ0) is 17.4. The number of hydrogen-bond donors (Lipinski definition) is 2. The Morgan fingerprint density at radius 2 is 2.00 bits per heavy atom. The molecule has 4 nitrogen and oxygen atoms in total. The van der Waals surface area contributed by atoms with Gasteiger partial charge in [0.15, 0.2) is 5.96 Å². The van der Waals surface area contributed by atoms with Crippen molar-refractivity contribution in [2.45, 2.75) is 69.6 Å². The average molecular weight is 472 g/mol. The molecule has 0 bridgehead atoms. The summed E-state index contributed by atoms with van der Waals surface area (Å²) in [6.45, 7) is 6.25. The van der Waals surface area contributed by atoms with Gasteiger partial charge in [-0.2, -0.15) is 0 Å². The normalized spacial score (nSPS) is 31.4. The molecule has 0 spiro atoms. The van der Waals surface area contributed by atoms with Gasteiger partial charge in [0.1, 0.15) is 5.82 Å². The molecule has 2 saturated carbocycles. The molecule has 1 aliphatic heterocycles.